The molecule has 2 heterocycles. The van der Waals surface area contributed by atoms with Crippen LogP contribution in [0.3, 0.4) is 0 Å². The zero-order valence-electron chi connectivity index (χ0n) is 15.9. The lowest BCUT2D eigenvalue weighted by Gasteiger charge is -2.22. The lowest BCUT2D eigenvalue weighted by atomic mass is 10.1. The maximum absolute atomic E-state index is 2.43. The first-order valence-electron chi connectivity index (χ1n) is 9.51. The molecule has 0 saturated carbocycles. The summed E-state index contributed by atoms with van der Waals surface area (Å²) in [6.45, 7) is 5.44. The van der Waals surface area contributed by atoms with Gasteiger partial charge in [-0.25, -0.2) is 0 Å². The molecule has 1 aromatic heterocycles. The van der Waals surface area contributed by atoms with Crippen LogP contribution in [0.15, 0.2) is 54.5 Å². The first kappa shape index (κ1) is 17.8. The first-order valence-corrected chi connectivity index (χ1v) is 9.51. The van der Waals surface area contributed by atoms with E-state index in [1.807, 2.05) is 0 Å². The minimum Gasteiger partial charge on any atom is -0.355 e. The summed E-state index contributed by atoms with van der Waals surface area (Å²) in [5, 5.41) is 1.40. The number of hydrogen-bond acceptors (Lipinski definition) is 2. The molecular weight excluding hydrogens is 306 g/mol. The molecule has 0 N–H and O–H groups in total. The molecule has 0 aliphatic carbocycles. The molecule has 0 fully saturated rings. The normalized spacial score (nSPS) is 14.6. The third kappa shape index (κ3) is 4.55. The highest BCUT2D eigenvalue weighted by atomic mass is 15.1. The van der Waals surface area contributed by atoms with E-state index < -0.39 is 0 Å². The molecule has 134 valence electrons. The van der Waals surface area contributed by atoms with Crippen molar-refractivity contribution in [3.05, 3.63) is 60.1 Å². The Balaban J connectivity index is 1.80. The molecule has 0 atom stereocenters. The number of nitrogens with zero attached hydrogens (tertiary/aromatic N) is 3. The highest BCUT2D eigenvalue weighted by Crippen LogP contribution is 2.24. The zero-order chi connectivity index (χ0) is 17.6. The maximum atomic E-state index is 2.43. The van der Waals surface area contributed by atoms with Gasteiger partial charge in [0, 0.05) is 42.9 Å². The Kier molecular flexibility index (Phi) is 5.98. The van der Waals surface area contributed by atoms with E-state index in [0.29, 0.717) is 0 Å². The molecule has 0 bridgehead atoms. The van der Waals surface area contributed by atoms with Crippen LogP contribution in [0.1, 0.15) is 31.7 Å². The smallest absolute Gasteiger partial charge is 0.0486 e. The highest BCUT2D eigenvalue weighted by Gasteiger charge is 2.11. The van der Waals surface area contributed by atoms with Crippen molar-refractivity contribution in [1.82, 2.24) is 14.4 Å². The van der Waals surface area contributed by atoms with Gasteiger partial charge >= 0.3 is 0 Å². The molecular formula is C22H31N3. The van der Waals surface area contributed by atoms with E-state index in [1.165, 1.54) is 34.9 Å². The van der Waals surface area contributed by atoms with Crippen molar-refractivity contribution in [2.24, 2.45) is 0 Å². The monoisotopic (exact) mass is 337 g/mol. The molecule has 0 amide bonds. The molecule has 3 heteroatoms. The predicted molar refractivity (Wildman–Crippen MR) is 108 cm³/mol. The topological polar surface area (TPSA) is 11.4 Å². The largest absolute Gasteiger partial charge is 0.355 e. The van der Waals surface area contributed by atoms with E-state index in [9.17, 15) is 0 Å². The van der Waals surface area contributed by atoms with Crippen molar-refractivity contribution in [3.8, 4) is 0 Å². The standard InChI is InChI=1S/C22H31N3/c1-4-5-13-24-14-8-9-19(16-24)17-25-18-20(12-15-23(2)3)21-10-6-7-11-22(21)25/h6-8,10-11,14,16,18H,4-5,9,12-13,15,17H2,1-3H3. The van der Waals surface area contributed by atoms with Gasteiger partial charge in [-0.1, -0.05) is 37.6 Å². The van der Waals surface area contributed by atoms with E-state index >= 15 is 0 Å². The molecule has 0 spiro atoms. The van der Waals surface area contributed by atoms with Gasteiger partial charge in [0.25, 0.3) is 0 Å². The second-order valence-electron chi connectivity index (χ2n) is 7.32. The number of likely N-dealkylation sites (N-methyl/N-ethyl adjacent to an activating group) is 1. The van der Waals surface area contributed by atoms with Gasteiger partial charge in [-0.15, -0.1) is 0 Å². The van der Waals surface area contributed by atoms with E-state index in [1.54, 1.807) is 0 Å². The quantitative estimate of drug-likeness (QED) is 0.695. The zero-order valence-corrected chi connectivity index (χ0v) is 15.9. The summed E-state index contributed by atoms with van der Waals surface area (Å²) < 4.78 is 2.43. The number of unbranched alkanes of at least 4 members (excludes halogenated alkanes) is 1. The second kappa shape index (κ2) is 8.39. The summed E-state index contributed by atoms with van der Waals surface area (Å²) in [5.41, 5.74) is 4.30. The van der Waals surface area contributed by atoms with E-state index in [0.717, 1.165) is 32.5 Å². The number of allylic oxidation sites excluding steroid dienone is 2. The summed E-state index contributed by atoms with van der Waals surface area (Å²) in [7, 11) is 4.28. The van der Waals surface area contributed by atoms with Crippen LogP contribution >= 0.6 is 0 Å². The minimum atomic E-state index is 0.982. The summed E-state index contributed by atoms with van der Waals surface area (Å²) in [5.74, 6) is 0. The number of hydrogen-bond donors (Lipinski definition) is 0. The molecule has 3 nitrogen and oxygen atoms in total. The van der Waals surface area contributed by atoms with Crippen LogP contribution in [0, 0.1) is 0 Å². The fourth-order valence-corrected chi connectivity index (χ4v) is 3.47. The summed E-state index contributed by atoms with van der Waals surface area (Å²) in [4.78, 5) is 4.60. The average Bonchev–Trinajstić information content (AvgIpc) is 2.96. The first-order chi connectivity index (χ1) is 12.2. The predicted octanol–water partition coefficient (Wildman–Crippen LogP) is 4.65. The van der Waals surface area contributed by atoms with Crippen molar-refractivity contribution in [3.63, 3.8) is 0 Å². The molecule has 0 radical (unpaired) electrons. The second-order valence-corrected chi connectivity index (χ2v) is 7.32. The van der Waals surface area contributed by atoms with Gasteiger partial charge in [0.05, 0.1) is 0 Å². The third-order valence-corrected chi connectivity index (χ3v) is 4.87. The van der Waals surface area contributed by atoms with Crippen molar-refractivity contribution in [1.29, 1.82) is 0 Å². The molecule has 1 aromatic carbocycles. The van der Waals surface area contributed by atoms with Crippen LogP contribution in [-0.4, -0.2) is 41.6 Å². The van der Waals surface area contributed by atoms with Gasteiger partial charge in [0.1, 0.15) is 0 Å². The molecule has 25 heavy (non-hydrogen) atoms. The summed E-state index contributed by atoms with van der Waals surface area (Å²) >= 11 is 0. The molecule has 0 saturated heterocycles. The SMILES string of the molecule is CCCCN1C=CCC(Cn2cc(CCN(C)C)c3ccccc32)=C1. The number of para-hydroxylation sites is 1. The Morgan fingerprint density at radius 3 is 2.80 bits per heavy atom. The highest BCUT2D eigenvalue weighted by molar-refractivity contribution is 5.84. The lowest BCUT2D eigenvalue weighted by molar-refractivity contribution is 0.414. The van der Waals surface area contributed by atoms with Gasteiger partial charge in [0.2, 0.25) is 0 Å². The molecule has 1 aliphatic rings. The fourth-order valence-electron chi connectivity index (χ4n) is 3.47. The third-order valence-electron chi connectivity index (χ3n) is 4.87. The van der Waals surface area contributed by atoms with Crippen molar-refractivity contribution in [2.75, 3.05) is 27.2 Å². The molecule has 0 unspecified atom stereocenters. The number of fused-ring (bicyclic) bond motifs is 1. The van der Waals surface area contributed by atoms with Gasteiger partial charge in [-0.2, -0.15) is 0 Å². The van der Waals surface area contributed by atoms with Crippen LogP contribution in [0.4, 0.5) is 0 Å². The van der Waals surface area contributed by atoms with Gasteiger partial charge in [0.15, 0.2) is 0 Å². The van der Waals surface area contributed by atoms with Crippen molar-refractivity contribution < 1.29 is 0 Å². The van der Waals surface area contributed by atoms with E-state index in [2.05, 4.69) is 84.3 Å². The Labute approximate surface area is 152 Å². The Morgan fingerprint density at radius 2 is 2.00 bits per heavy atom. The fraction of sp³-hybridized carbons (Fsp3) is 0.455. The van der Waals surface area contributed by atoms with E-state index in [4.69, 9.17) is 0 Å². The van der Waals surface area contributed by atoms with Gasteiger partial charge in [-0.3, -0.25) is 0 Å². The minimum absolute atomic E-state index is 0.982. The molecule has 2 aromatic rings. The van der Waals surface area contributed by atoms with Gasteiger partial charge < -0.3 is 14.4 Å². The molecule has 1 aliphatic heterocycles. The molecule has 3 rings (SSSR count). The van der Waals surface area contributed by atoms with Crippen LogP contribution in [0.25, 0.3) is 10.9 Å². The van der Waals surface area contributed by atoms with Crippen molar-refractivity contribution >= 4 is 10.9 Å². The summed E-state index contributed by atoms with van der Waals surface area (Å²) in [6, 6.07) is 8.82. The summed E-state index contributed by atoms with van der Waals surface area (Å²) in [6.07, 6.45) is 13.9. The Morgan fingerprint density at radius 1 is 1.16 bits per heavy atom. The number of aromatic nitrogens is 1. The Hall–Kier alpha value is -2.00. The van der Waals surface area contributed by atoms with Crippen molar-refractivity contribution in [2.45, 2.75) is 39.2 Å². The van der Waals surface area contributed by atoms with Crippen LogP contribution in [0.2, 0.25) is 0 Å². The Bertz CT molecular complexity index is 752. The average molecular weight is 338 g/mol. The lowest BCUT2D eigenvalue weighted by Crippen LogP contribution is -2.16. The van der Waals surface area contributed by atoms with E-state index in [-0.39, 0.29) is 0 Å². The van der Waals surface area contributed by atoms with Gasteiger partial charge in [-0.05, 0) is 56.8 Å². The maximum Gasteiger partial charge on any atom is 0.0486 e. The van der Waals surface area contributed by atoms with Crippen LogP contribution in [-0.2, 0) is 13.0 Å². The number of benzene rings is 1. The van der Waals surface area contributed by atoms with Crippen LogP contribution < -0.4 is 0 Å². The number of rotatable bonds is 8. The van der Waals surface area contributed by atoms with Crippen LogP contribution in [0.5, 0.6) is 0 Å².